The van der Waals surface area contributed by atoms with Crippen LogP contribution in [0.1, 0.15) is 48.9 Å². The summed E-state index contributed by atoms with van der Waals surface area (Å²) in [5.41, 5.74) is 2.65. The smallest absolute Gasteiger partial charge is 0.295 e. The highest BCUT2D eigenvalue weighted by molar-refractivity contribution is 6.46. The lowest BCUT2D eigenvalue weighted by Crippen LogP contribution is -2.31. The van der Waals surface area contributed by atoms with E-state index in [1.807, 2.05) is 41.1 Å². The van der Waals surface area contributed by atoms with Gasteiger partial charge < -0.3 is 14.6 Å². The van der Waals surface area contributed by atoms with Crippen molar-refractivity contribution in [3.05, 3.63) is 95.6 Å². The number of nitrogens with zero attached hydrogens (tertiary/aromatic N) is 3. The molecule has 6 heteroatoms. The molecule has 0 bridgehead atoms. The van der Waals surface area contributed by atoms with Crippen LogP contribution < -0.4 is 0 Å². The molecule has 2 aromatic carbocycles. The number of aliphatic hydroxyl groups is 1. The maximum absolute atomic E-state index is 13.1. The molecule has 1 saturated heterocycles. The van der Waals surface area contributed by atoms with Gasteiger partial charge in [-0.25, -0.2) is 4.98 Å². The summed E-state index contributed by atoms with van der Waals surface area (Å²) >= 11 is 0. The maximum atomic E-state index is 13.1. The molecule has 1 atom stereocenters. The van der Waals surface area contributed by atoms with Crippen molar-refractivity contribution in [3.8, 4) is 0 Å². The van der Waals surface area contributed by atoms with Crippen LogP contribution >= 0.6 is 0 Å². The third-order valence-electron chi connectivity index (χ3n) is 5.88. The second-order valence-electron chi connectivity index (χ2n) is 8.33. The third-order valence-corrected chi connectivity index (χ3v) is 5.88. The summed E-state index contributed by atoms with van der Waals surface area (Å²) in [5.74, 6) is -0.994. The molecule has 3 aromatic rings. The number of hydrogen-bond donors (Lipinski definition) is 1. The Morgan fingerprint density at radius 2 is 1.75 bits per heavy atom. The van der Waals surface area contributed by atoms with Gasteiger partial charge >= 0.3 is 0 Å². The Kier molecular flexibility index (Phi) is 6.21. The predicted molar refractivity (Wildman–Crippen MR) is 123 cm³/mol. The van der Waals surface area contributed by atoms with Crippen LogP contribution in [0.4, 0.5) is 0 Å². The zero-order valence-electron chi connectivity index (χ0n) is 18.3. The average molecular weight is 430 g/mol. The molecule has 164 valence electrons. The molecule has 32 heavy (non-hydrogen) atoms. The predicted octanol–water partition coefficient (Wildman–Crippen LogP) is 4.52. The van der Waals surface area contributed by atoms with Gasteiger partial charge in [0, 0.05) is 31.0 Å². The normalized spacial score (nSPS) is 18.0. The van der Waals surface area contributed by atoms with Gasteiger partial charge in [0.1, 0.15) is 5.76 Å². The summed E-state index contributed by atoms with van der Waals surface area (Å²) in [6.07, 6.45) is 5.97. The molecule has 0 spiro atoms. The molecule has 1 N–H and O–H groups in total. The first kappa shape index (κ1) is 21.6. The molecule has 1 unspecified atom stereocenters. The lowest BCUT2D eigenvalue weighted by molar-refractivity contribution is -0.139. The van der Waals surface area contributed by atoms with E-state index in [1.165, 1.54) is 5.56 Å². The summed E-state index contributed by atoms with van der Waals surface area (Å²) in [6, 6.07) is 16.2. The van der Waals surface area contributed by atoms with Crippen molar-refractivity contribution < 1.29 is 14.7 Å². The topological polar surface area (TPSA) is 75.4 Å². The number of likely N-dealkylation sites (tertiary alicyclic amines) is 1. The van der Waals surface area contributed by atoms with Crippen molar-refractivity contribution in [3.63, 3.8) is 0 Å². The number of amides is 1. The average Bonchev–Trinajstić information content (AvgIpc) is 3.41. The Labute approximate surface area is 187 Å². The van der Waals surface area contributed by atoms with Gasteiger partial charge in [0.25, 0.3) is 11.7 Å². The van der Waals surface area contributed by atoms with E-state index in [-0.39, 0.29) is 11.3 Å². The first-order valence-corrected chi connectivity index (χ1v) is 10.9. The SMILES string of the molecule is CC(C)c1ccc(C2/C(=C(\O)c3ccccc3)C(=O)C(=O)N2CCCn2ccnc2)cc1. The molecule has 1 aliphatic rings. The van der Waals surface area contributed by atoms with Gasteiger partial charge in [-0.2, -0.15) is 0 Å². The fourth-order valence-electron chi connectivity index (χ4n) is 4.11. The van der Waals surface area contributed by atoms with E-state index in [4.69, 9.17) is 0 Å². The van der Waals surface area contributed by atoms with E-state index < -0.39 is 17.7 Å². The Morgan fingerprint density at radius 3 is 2.38 bits per heavy atom. The molecule has 1 amide bonds. The van der Waals surface area contributed by atoms with Gasteiger partial charge in [0.05, 0.1) is 17.9 Å². The number of carbonyl (C=O) groups excluding carboxylic acids is 2. The summed E-state index contributed by atoms with van der Waals surface area (Å²) in [5, 5.41) is 11.0. The molecule has 1 fully saturated rings. The highest BCUT2D eigenvalue weighted by Crippen LogP contribution is 2.39. The van der Waals surface area contributed by atoms with Crippen LogP contribution in [0.3, 0.4) is 0 Å². The number of benzene rings is 2. The number of carbonyl (C=O) groups is 2. The molecule has 1 aliphatic heterocycles. The fourth-order valence-corrected chi connectivity index (χ4v) is 4.11. The first-order valence-electron chi connectivity index (χ1n) is 10.9. The largest absolute Gasteiger partial charge is 0.507 e. The van der Waals surface area contributed by atoms with Crippen molar-refractivity contribution in [2.75, 3.05) is 6.54 Å². The molecule has 0 radical (unpaired) electrons. The standard InChI is InChI=1S/C26H27N3O3/c1-18(2)19-9-11-20(12-10-19)23-22(24(30)21-7-4-3-5-8-21)25(31)26(32)29(23)15-6-14-28-16-13-27-17-28/h3-5,7-13,16-18,23,30H,6,14-15H2,1-2H3/b24-22+. The van der Waals surface area contributed by atoms with E-state index in [9.17, 15) is 14.7 Å². The van der Waals surface area contributed by atoms with Crippen molar-refractivity contribution in [2.24, 2.45) is 0 Å². The lowest BCUT2D eigenvalue weighted by Gasteiger charge is -2.25. The van der Waals surface area contributed by atoms with Gasteiger partial charge in [-0.3, -0.25) is 9.59 Å². The van der Waals surface area contributed by atoms with Crippen molar-refractivity contribution in [2.45, 2.75) is 38.8 Å². The molecule has 1 aromatic heterocycles. The van der Waals surface area contributed by atoms with Gasteiger partial charge in [-0.15, -0.1) is 0 Å². The lowest BCUT2D eigenvalue weighted by atomic mass is 9.93. The summed E-state index contributed by atoms with van der Waals surface area (Å²) in [4.78, 5) is 31.7. The first-order chi connectivity index (χ1) is 15.5. The zero-order valence-corrected chi connectivity index (χ0v) is 18.3. The van der Waals surface area contributed by atoms with Crippen LogP contribution in [0, 0.1) is 0 Å². The Hall–Kier alpha value is -3.67. The number of aromatic nitrogens is 2. The second kappa shape index (κ2) is 9.22. The minimum Gasteiger partial charge on any atom is -0.507 e. The van der Waals surface area contributed by atoms with Crippen LogP contribution in [0.15, 0.2) is 78.9 Å². The Bertz CT molecular complexity index is 1120. The molecular weight excluding hydrogens is 402 g/mol. The van der Waals surface area contributed by atoms with Crippen LogP contribution in [0.2, 0.25) is 0 Å². The van der Waals surface area contributed by atoms with E-state index in [2.05, 4.69) is 18.8 Å². The summed E-state index contributed by atoms with van der Waals surface area (Å²) in [6.45, 7) is 5.31. The van der Waals surface area contributed by atoms with Crippen molar-refractivity contribution in [1.82, 2.24) is 14.5 Å². The third kappa shape index (κ3) is 4.21. The number of imidazole rings is 1. The summed E-state index contributed by atoms with van der Waals surface area (Å²) < 4.78 is 1.94. The number of aliphatic hydroxyl groups excluding tert-OH is 1. The number of Topliss-reactive ketones (excluding diaryl/α,β-unsaturated/α-hetero) is 1. The highest BCUT2D eigenvalue weighted by Gasteiger charge is 2.45. The minimum absolute atomic E-state index is 0.140. The minimum atomic E-state index is -0.646. The number of ketones is 1. The molecule has 2 heterocycles. The van der Waals surface area contributed by atoms with E-state index in [0.717, 1.165) is 5.56 Å². The molecular formula is C26H27N3O3. The van der Waals surface area contributed by atoms with Gasteiger partial charge in [0.2, 0.25) is 0 Å². The van der Waals surface area contributed by atoms with Crippen LogP contribution in [-0.4, -0.2) is 37.8 Å². The van der Waals surface area contributed by atoms with E-state index >= 15 is 0 Å². The quantitative estimate of drug-likeness (QED) is 0.340. The van der Waals surface area contributed by atoms with Crippen LogP contribution in [0.25, 0.3) is 5.76 Å². The maximum Gasteiger partial charge on any atom is 0.295 e. The number of hydrogen-bond acceptors (Lipinski definition) is 4. The zero-order chi connectivity index (χ0) is 22.7. The second-order valence-corrected chi connectivity index (χ2v) is 8.33. The Morgan fingerprint density at radius 1 is 1.03 bits per heavy atom. The van der Waals surface area contributed by atoms with Crippen molar-refractivity contribution >= 4 is 17.4 Å². The number of rotatable bonds is 7. The molecule has 0 saturated carbocycles. The van der Waals surface area contributed by atoms with Gasteiger partial charge in [-0.05, 0) is 23.5 Å². The van der Waals surface area contributed by atoms with Gasteiger partial charge in [-0.1, -0.05) is 68.4 Å². The van der Waals surface area contributed by atoms with Gasteiger partial charge in [0.15, 0.2) is 0 Å². The number of aryl methyl sites for hydroxylation is 1. The molecule has 4 rings (SSSR count). The van der Waals surface area contributed by atoms with Crippen molar-refractivity contribution in [1.29, 1.82) is 0 Å². The Balaban J connectivity index is 1.72. The monoisotopic (exact) mass is 429 g/mol. The highest BCUT2D eigenvalue weighted by atomic mass is 16.3. The van der Waals surface area contributed by atoms with Crippen LogP contribution in [0.5, 0.6) is 0 Å². The fraction of sp³-hybridized carbons (Fsp3) is 0.269. The van der Waals surface area contributed by atoms with Crippen LogP contribution in [-0.2, 0) is 16.1 Å². The van der Waals surface area contributed by atoms with E-state index in [1.54, 1.807) is 41.7 Å². The summed E-state index contributed by atoms with van der Waals surface area (Å²) in [7, 11) is 0. The molecule has 6 nitrogen and oxygen atoms in total. The van der Waals surface area contributed by atoms with E-state index in [0.29, 0.717) is 31.0 Å². The molecule has 0 aliphatic carbocycles.